The molecule has 1 aromatic rings. The highest BCUT2D eigenvalue weighted by Gasteiger charge is 2.29. The van der Waals surface area contributed by atoms with E-state index in [2.05, 4.69) is 35.8 Å². The summed E-state index contributed by atoms with van der Waals surface area (Å²) >= 11 is 0. The topological polar surface area (TPSA) is 55.0 Å². The first kappa shape index (κ1) is 13.3. The number of nitrogens with zero attached hydrogens (tertiary/aromatic N) is 3. The Labute approximate surface area is 110 Å². The molecular weight excluding hydrogens is 224 g/mol. The van der Waals surface area contributed by atoms with Crippen molar-refractivity contribution in [2.75, 3.05) is 11.9 Å². The highest BCUT2D eigenvalue weighted by Crippen LogP contribution is 2.37. The second kappa shape index (κ2) is 5.22. The van der Waals surface area contributed by atoms with Crippen LogP contribution < -0.4 is 10.6 Å². The Bertz CT molecular complexity index is 375. The highest BCUT2D eigenvalue weighted by molar-refractivity contribution is 5.30. The van der Waals surface area contributed by atoms with Crippen molar-refractivity contribution >= 4 is 5.95 Å². The fraction of sp³-hybridized carbons (Fsp3) is 0.714. The lowest BCUT2D eigenvalue weighted by molar-refractivity contribution is 0.222. The first-order chi connectivity index (χ1) is 8.52. The molecule has 100 valence electrons. The Morgan fingerprint density at radius 2 is 1.83 bits per heavy atom. The molecule has 0 spiro atoms. The SMILES string of the molecule is CN(c1ncc(CN)cn1)C1CCC(C)(C)CC1. The van der Waals surface area contributed by atoms with E-state index in [1.54, 1.807) is 0 Å². The average Bonchev–Trinajstić information content (AvgIpc) is 2.38. The summed E-state index contributed by atoms with van der Waals surface area (Å²) in [7, 11) is 2.10. The van der Waals surface area contributed by atoms with Crippen molar-refractivity contribution in [1.29, 1.82) is 0 Å². The van der Waals surface area contributed by atoms with Gasteiger partial charge in [-0.05, 0) is 31.1 Å². The third kappa shape index (κ3) is 2.99. The van der Waals surface area contributed by atoms with Gasteiger partial charge in [0.15, 0.2) is 0 Å². The monoisotopic (exact) mass is 248 g/mol. The fourth-order valence-corrected chi connectivity index (χ4v) is 2.57. The van der Waals surface area contributed by atoms with Crippen LogP contribution in [0, 0.1) is 5.41 Å². The van der Waals surface area contributed by atoms with E-state index in [0.717, 1.165) is 11.5 Å². The van der Waals surface area contributed by atoms with Gasteiger partial charge in [0, 0.05) is 37.6 Å². The van der Waals surface area contributed by atoms with Crippen molar-refractivity contribution in [2.24, 2.45) is 11.1 Å². The number of hydrogen-bond acceptors (Lipinski definition) is 4. The van der Waals surface area contributed by atoms with Crippen LogP contribution in [-0.4, -0.2) is 23.1 Å². The zero-order valence-electron chi connectivity index (χ0n) is 11.7. The van der Waals surface area contributed by atoms with Gasteiger partial charge in [-0.25, -0.2) is 9.97 Å². The number of rotatable bonds is 3. The van der Waals surface area contributed by atoms with E-state index in [1.807, 2.05) is 12.4 Å². The van der Waals surface area contributed by atoms with E-state index in [9.17, 15) is 0 Å². The zero-order chi connectivity index (χ0) is 13.2. The van der Waals surface area contributed by atoms with Crippen LogP contribution in [0.4, 0.5) is 5.95 Å². The third-order valence-corrected chi connectivity index (χ3v) is 4.10. The smallest absolute Gasteiger partial charge is 0.225 e. The van der Waals surface area contributed by atoms with Crippen LogP contribution in [0.3, 0.4) is 0 Å². The number of aromatic nitrogens is 2. The molecule has 4 heteroatoms. The van der Waals surface area contributed by atoms with Gasteiger partial charge in [0.25, 0.3) is 0 Å². The molecule has 2 N–H and O–H groups in total. The summed E-state index contributed by atoms with van der Waals surface area (Å²) in [6, 6.07) is 0.571. The minimum Gasteiger partial charge on any atom is -0.341 e. The summed E-state index contributed by atoms with van der Waals surface area (Å²) in [5.74, 6) is 0.817. The van der Waals surface area contributed by atoms with Crippen molar-refractivity contribution in [3.63, 3.8) is 0 Å². The number of anilines is 1. The Morgan fingerprint density at radius 3 is 2.33 bits per heavy atom. The molecule has 0 bridgehead atoms. The summed E-state index contributed by atoms with van der Waals surface area (Å²) in [5, 5.41) is 0. The van der Waals surface area contributed by atoms with Crippen LogP contribution in [0.25, 0.3) is 0 Å². The van der Waals surface area contributed by atoms with Gasteiger partial charge in [-0.15, -0.1) is 0 Å². The van der Waals surface area contributed by atoms with E-state index >= 15 is 0 Å². The van der Waals surface area contributed by atoms with Crippen molar-refractivity contribution in [2.45, 2.75) is 52.1 Å². The Balaban J connectivity index is 2.00. The third-order valence-electron chi connectivity index (χ3n) is 4.10. The maximum Gasteiger partial charge on any atom is 0.225 e. The average molecular weight is 248 g/mol. The van der Waals surface area contributed by atoms with Gasteiger partial charge in [0.05, 0.1) is 0 Å². The zero-order valence-corrected chi connectivity index (χ0v) is 11.7. The van der Waals surface area contributed by atoms with E-state index < -0.39 is 0 Å². The molecule has 0 saturated heterocycles. The van der Waals surface area contributed by atoms with Crippen LogP contribution >= 0.6 is 0 Å². The minimum absolute atomic E-state index is 0.502. The van der Waals surface area contributed by atoms with E-state index in [-0.39, 0.29) is 0 Å². The molecule has 0 radical (unpaired) electrons. The van der Waals surface area contributed by atoms with Gasteiger partial charge in [-0.2, -0.15) is 0 Å². The first-order valence-electron chi connectivity index (χ1n) is 6.76. The van der Waals surface area contributed by atoms with E-state index in [0.29, 0.717) is 18.0 Å². The highest BCUT2D eigenvalue weighted by atomic mass is 15.2. The molecular formula is C14H24N4. The van der Waals surface area contributed by atoms with E-state index in [1.165, 1.54) is 25.7 Å². The molecule has 1 aliphatic carbocycles. The van der Waals surface area contributed by atoms with Crippen molar-refractivity contribution in [3.8, 4) is 0 Å². The standard InChI is InChI=1S/C14H24N4/c1-14(2)6-4-12(5-7-14)18(3)13-16-9-11(8-15)10-17-13/h9-10,12H,4-8,15H2,1-3H3. The predicted octanol–water partition coefficient (Wildman–Crippen LogP) is 2.34. The predicted molar refractivity (Wildman–Crippen MR) is 74.4 cm³/mol. The normalized spacial score (nSPS) is 19.8. The van der Waals surface area contributed by atoms with Crippen LogP contribution in [0.2, 0.25) is 0 Å². The van der Waals surface area contributed by atoms with Gasteiger partial charge < -0.3 is 10.6 Å². The lowest BCUT2D eigenvalue weighted by atomic mass is 9.75. The minimum atomic E-state index is 0.502. The molecule has 0 amide bonds. The van der Waals surface area contributed by atoms with Crippen LogP contribution in [0.1, 0.15) is 45.1 Å². The Kier molecular flexibility index (Phi) is 3.85. The second-order valence-corrected chi connectivity index (χ2v) is 6.10. The van der Waals surface area contributed by atoms with Crippen LogP contribution in [-0.2, 0) is 6.54 Å². The van der Waals surface area contributed by atoms with Gasteiger partial charge >= 0.3 is 0 Å². The summed E-state index contributed by atoms with van der Waals surface area (Å²) in [5.41, 5.74) is 7.04. The summed E-state index contributed by atoms with van der Waals surface area (Å²) < 4.78 is 0. The van der Waals surface area contributed by atoms with Crippen LogP contribution in [0.5, 0.6) is 0 Å². The van der Waals surface area contributed by atoms with Gasteiger partial charge in [-0.3, -0.25) is 0 Å². The Hall–Kier alpha value is -1.16. The molecule has 1 saturated carbocycles. The summed E-state index contributed by atoms with van der Waals surface area (Å²) in [6.07, 6.45) is 8.67. The Morgan fingerprint density at radius 1 is 1.28 bits per heavy atom. The largest absolute Gasteiger partial charge is 0.341 e. The molecule has 1 aliphatic rings. The summed E-state index contributed by atoms with van der Waals surface area (Å²) in [6.45, 7) is 5.22. The van der Waals surface area contributed by atoms with Crippen molar-refractivity contribution in [1.82, 2.24) is 9.97 Å². The van der Waals surface area contributed by atoms with E-state index in [4.69, 9.17) is 5.73 Å². The molecule has 4 nitrogen and oxygen atoms in total. The molecule has 1 aromatic heterocycles. The fourth-order valence-electron chi connectivity index (χ4n) is 2.57. The molecule has 2 rings (SSSR count). The van der Waals surface area contributed by atoms with Crippen molar-refractivity contribution < 1.29 is 0 Å². The van der Waals surface area contributed by atoms with Crippen LogP contribution in [0.15, 0.2) is 12.4 Å². The van der Waals surface area contributed by atoms with Crippen molar-refractivity contribution in [3.05, 3.63) is 18.0 Å². The molecule has 0 unspecified atom stereocenters. The molecule has 0 aliphatic heterocycles. The van der Waals surface area contributed by atoms with Gasteiger partial charge in [0.1, 0.15) is 0 Å². The quantitative estimate of drug-likeness (QED) is 0.892. The maximum absolute atomic E-state index is 5.56. The maximum atomic E-state index is 5.56. The molecule has 18 heavy (non-hydrogen) atoms. The van der Waals surface area contributed by atoms with Gasteiger partial charge in [-0.1, -0.05) is 13.8 Å². The number of hydrogen-bond donors (Lipinski definition) is 1. The first-order valence-corrected chi connectivity index (χ1v) is 6.76. The molecule has 1 heterocycles. The lowest BCUT2D eigenvalue weighted by Gasteiger charge is -2.38. The summed E-state index contributed by atoms with van der Waals surface area (Å²) in [4.78, 5) is 11.0. The molecule has 0 atom stereocenters. The molecule has 0 aromatic carbocycles. The van der Waals surface area contributed by atoms with Gasteiger partial charge in [0.2, 0.25) is 5.95 Å². The molecule has 1 fully saturated rings. The number of nitrogens with two attached hydrogens (primary N) is 1. The lowest BCUT2D eigenvalue weighted by Crippen LogP contribution is -2.38. The second-order valence-electron chi connectivity index (χ2n) is 6.10.